The summed E-state index contributed by atoms with van der Waals surface area (Å²) in [5.74, 6) is 0. The standard InChI is InChI=1S/C20H22/c1-3-4-5-8-18-9-6-7-10-19(16-13-18)20-14-11-17(2)12-15-20/h3,6-7,9-16H,1,4-5,8H2,2H3. The topological polar surface area (TPSA) is 0 Å². The molecule has 0 N–H and O–H groups in total. The van der Waals surface area contributed by atoms with Crippen molar-refractivity contribution in [2.24, 2.45) is 0 Å². The van der Waals surface area contributed by atoms with E-state index >= 15 is 0 Å². The van der Waals surface area contributed by atoms with Crippen LogP contribution in [0, 0.1) is 6.92 Å². The summed E-state index contributed by atoms with van der Waals surface area (Å²) in [5.41, 5.74) is 5.20. The number of hydrogen-bond donors (Lipinski definition) is 0. The van der Waals surface area contributed by atoms with E-state index < -0.39 is 0 Å². The molecule has 0 nitrogen and oxygen atoms in total. The van der Waals surface area contributed by atoms with Gasteiger partial charge in [0.1, 0.15) is 0 Å². The molecule has 0 saturated carbocycles. The molecule has 0 amide bonds. The maximum Gasteiger partial charge on any atom is -0.0184 e. The van der Waals surface area contributed by atoms with Crippen LogP contribution in [0.15, 0.2) is 78.9 Å². The van der Waals surface area contributed by atoms with Gasteiger partial charge in [-0.3, -0.25) is 0 Å². The summed E-state index contributed by atoms with van der Waals surface area (Å²) in [5, 5.41) is 0. The van der Waals surface area contributed by atoms with Crippen molar-refractivity contribution >= 4 is 5.57 Å². The zero-order chi connectivity index (χ0) is 14.2. The van der Waals surface area contributed by atoms with E-state index in [9.17, 15) is 0 Å². The van der Waals surface area contributed by atoms with Crippen molar-refractivity contribution in [1.29, 1.82) is 0 Å². The van der Waals surface area contributed by atoms with Gasteiger partial charge < -0.3 is 0 Å². The van der Waals surface area contributed by atoms with Crippen molar-refractivity contribution in [1.82, 2.24) is 0 Å². The third-order valence-corrected chi connectivity index (χ3v) is 3.43. The zero-order valence-electron chi connectivity index (χ0n) is 12.2. The van der Waals surface area contributed by atoms with E-state index in [-0.39, 0.29) is 0 Å². The molecule has 2 rings (SSSR count). The molecule has 1 aromatic rings. The summed E-state index contributed by atoms with van der Waals surface area (Å²) in [7, 11) is 0. The van der Waals surface area contributed by atoms with Gasteiger partial charge in [-0.1, -0.05) is 72.4 Å². The minimum absolute atomic E-state index is 1.08. The second-order valence-electron chi connectivity index (χ2n) is 5.13. The van der Waals surface area contributed by atoms with E-state index in [1.54, 1.807) is 0 Å². The molecule has 0 atom stereocenters. The Morgan fingerprint density at radius 3 is 2.50 bits per heavy atom. The van der Waals surface area contributed by atoms with E-state index in [1.165, 1.54) is 22.3 Å². The largest absolute Gasteiger partial charge is 0.103 e. The van der Waals surface area contributed by atoms with Crippen molar-refractivity contribution < 1.29 is 0 Å². The predicted molar refractivity (Wildman–Crippen MR) is 89.6 cm³/mol. The maximum atomic E-state index is 3.78. The van der Waals surface area contributed by atoms with Crippen LogP contribution in [-0.4, -0.2) is 0 Å². The van der Waals surface area contributed by atoms with Crippen molar-refractivity contribution in [2.75, 3.05) is 0 Å². The van der Waals surface area contributed by atoms with Crippen LogP contribution in [0.2, 0.25) is 0 Å². The quantitative estimate of drug-likeness (QED) is 0.465. The SMILES string of the molecule is C=CCCCC1=CC=CC=C(c2ccc(C)cc2)C=C1. The van der Waals surface area contributed by atoms with Gasteiger partial charge in [-0.15, -0.1) is 6.58 Å². The van der Waals surface area contributed by atoms with E-state index in [4.69, 9.17) is 0 Å². The summed E-state index contributed by atoms with van der Waals surface area (Å²) in [6.45, 7) is 5.89. The summed E-state index contributed by atoms with van der Waals surface area (Å²) in [6.07, 6.45) is 18.4. The van der Waals surface area contributed by atoms with Gasteiger partial charge in [-0.05, 0) is 42.9 Å². The predicted octanol–water partition coefficient (Wildman–Crippen LogP) is 5.79. The van der Waals surface area contributed by atoms with E-state index in [0.717, 1.165) is 19.3 Å². The molecule has 1 aliphatic rings. The molecule has 1 aliphatic carbocycles. The van der Waals surface area contributed by atoms with Crippen LogP contribution < -0.4 is 0 Å². The van der Waals surface area contributed by atoms with Gasteiger partial charge in [-0.25, -0.2) is 0 Å². The van der Waals surface area contributed by atoms with Crippen LogP contribution in [0.1, 0.15) is 30.4 Å². The molecule has 0 saturated heterocycles. The monoisotopic (exact) mass is 262 g/mol. The fourth-order valence-corrected chi connectivity index (χ4v) is 2.20. The highest BCUT2D eigenvalue weighted by atomic mass is 14.0. The van der Waals surface area contributed by atoms with Crippen LogP contribution in [0.25, 0.3) is 5.57 Å². The lowest BCUT2D eigenvalue weighted by atomic mass is 9.99. The van der Waals surface area contributed by atoms with Crippen molar-refractivity contribution in [3.05, 3.63) is 90.1 Å². The molecule has 0 fully saturated rings. The Kier molecular flexibility index (Phi) is 5.37. The molecule has 20 heavy (non-hydrogen) atoms. The Labute approximate surface area is 122 Å². The fraction of sp³-hybridized carbons (Fsp3) is 0.200. The molecule has 1 aromatic carbocycles. The lowest BCUT2D eigenvalue weighted by Crippen LogP contribution is -1.85. The minimum atomic E-state index is 1.08. The maximum absolute atomic E-state index is 3.78. The second-order valence-corrected chi connectivity index (χ2v) is 5.13. The highest BCUT2D eigenvalue weighted by Gasteiger charge is 1.99. The Morgan fingerprint density at radius 2 is 1.75 bits per heavy atom. The molecule has 0 radical (unpaired) electrons. The van der Waals surface area contributed by atoms with Gasteiger partial charge in [0.2, 0.25) is 0 Å². The van der Waals surface area contributed by atoms with Gasteiger partial charge in [0.25, 0.3) is 0 Å². The number of aryl methyl sites for hydroxylation is 1. The molecular weight excluding hydrogens is 240 g/mol. The summed E-state index contributed by atoms with van der Waals surface area (Å²) in [4.78, 5) is 0. The van der Waals surface area contributed by atoms with Gasteiger partial charge >= 0.3 is 0 Å². The summed E-state index contributed by atoms with van der Waals surface area (Å²) in [6, 6.07) is 8.69. The molecule has 0 spiro atoms. The van der Waals surface area contributed by atoms with Gasteiger partial charge in [-0.2, -0.15) is 0 Å². The van der Waals surface area contributed by atoms with E-state index in [0.29, 0.717) is 0 Å². The Morgan fingerprint density at radius 1 is 1.00 bits per heavy atom. The highest BCUT2D eigenvalue weighted by Crippen LogP contribution is 2.20. The average Bonchev–Trinajstić information content (AvgIpc) is 2.43. The van der Waals surface area contributed by atoms with Crippen molar-refractivity contribution in [2.45, 2.75) is 26.2 Å². The summed E-state index contributed by atoms with van der Waals surface area (Å²) < 4.78 is 0. The summed E-state index contributed by atoms with van der Waals surface area (Å²) >= 11 is 0. The first-order chi connectivity index (χ1) is 9.79. The van der Waals surface area contributed by atoms with Crippen LogP contribution >= 0.6 is 0 Å². The van der Waals surface area contributed by atoms with Gasteiger partial charge in [0.15, 0.2) is 0 Å². The molecular formula is C20H22. The Balaban J connectivity index is 2.11. The van der Waals surface area contributed by atoms with Crippen LogP contribution in [0.5, 0.6) is 0 Å². The third-order valence-electron chi connectivity index (χ3n) is 3.43. The molecule has 0 aromatic heterocycles. The molecule has 0 aliphatic heterocycles. The Bertz CT molecular complexity index is 563. The molecule has 0 heterocycles. The molecule has 0 bridgehead atoms. The third kappa shape index (κ3) is 4.24. The lowest BCUT2D eigenvalue weighted by molar-refractivity contribution is 0.847. The zero-order valence-corrected chi connectivity index (χ0v) is 12.2. The minimum Gasteiger partial charge on any atom is -0.103 e. The molecule has 0 unspecified atom stereocenters. The average molecular weight is 262 g/mol. The normalized spacial score (nSPS) is 14.2. The number of benzene rings is 1. The smallest absolute Gasteiger partial charge is 0.0184 e. The van der Waals surface area contributed by atoms with Crippen LogP contribution in [-0.2, 0) is 0 Å². The Hall–Kier alpha value is -2.08. The van der Waals surface area contributed by atoms with Crippen molar-refractivity contribution in [3.63, 3.8) is 0 Å². The number of hydrogen-bond acceptors (Lipinski definition) is 0. The van der Waals surface area contributed by atoms with Gasteiger partial charge in [0.05, 0.1) is 0 Å². The highest BCUT2D eigenvalue weighted by molar-refractivity contribution is 5.76. The lowest BCUT2D eigenvalue weighted by Gasteiger charge is -2.06. The first kappa shape index (κ1) is 14.3. The molecule has 102 valence electrons. The number of rotatable bonds is 5. The van der Waals surface area contributed by atoms with Crippen LogP contribution in [0.4, 0.5) is 0 Å². The fourth-order valence-electron chi connectivity index (χ4n) is 2.20. The van der Waals surface area contributed by atoms with Crippen LogP contribution in [0.3, 0.4) is 0 Å². The second kappa shape index (κ2) is 7.49. The van der Waals surface area contributed by atoms with Gasteiger partial charge in [0, 0.05) is 0 Å². The number of allylic oxidation sites excluding steroid dienone is 9. The molecule has 0 heteroatoms. The first-order valence-corrected chi connectivity index (χ1v) is 7.23. The van der Waals surface area contributed by atoms with E-state index in [2.05, 4.69) is 74.2 Å². The number of unbranched alkanes of at least 4 members (excludes halogenated alkanes) is 1. The van der Waals surface area contributed by atoms with E-state index in [1.807, 2.05) is 6.08 Å². The van der Waals surface area contributed by atoms with Crippen molar-refractivity contribution in [3.8, 4) is 0 Å². The first-order valence-electron chi connectivity index (χ1n) is 7.23.